The van der Waals surface area contributed by atoms with Crippen LogP contribution in [-0.2, 0) is 9.53 Å². The molecule has 1 aliphatic heterocycles. The first-order valence-electron chi connectivity index (χ1n) is 9.26. The van der Waals surface area contributed by atoms with Gasteiger partial charge in [-0.2, -0.15) is 0 Å². The van der Waals surface area contributed by atoms with E-state index in [1.807, 2.05) is 13.0 Å². The number of rotatable bonds is 3. The third kappa shape index (κ3) is 2.86. The molecule has 1 heterocycles. The Morgan fingerprint density at radius 1 is 1.32 bits per heavy atom. The maximum Gasteiger partial charge on any atom is 0.336 e. The molecule has 0 radical (unpaired) electrons. The van der Waals surface area contributed by atoms with E-state index in [9.17, 15) is 20.1 Å². The minimum Gasteiger partial charge on any atom is -0.459 e. The maximum absolute atomic E-state index is 11.8. The molecule has 0 spiro atoms. The molecule has 0 bridgehead atoms. The smallest absolute Gasteiger partial charge is 0.336 e. The van der Waals surface area contributed by atoms with Gasteiger partial charge in [-0.05, 0) is 49.4 Å². The largest absolute Gasteiger partial charge is 0.459 e. The zero-order valence-corrected chi connectivity index (χ0v) is 15.2. The van der Waals surface area contributed by atoms with Gasteiger partial charge < -0.3 is 20.1 Å². The van der Waals surface area contributed by atoms with Gasteiger partial charge in [0.1, 0.15) is 12.7 Å². The number of hydrogen-bond donors (Lipinski definition) is 3. The predicted octanol–water partition coefficient (Wildman–Crippen LogP) is 1.96. The van der Waals surface area contributed by atoms with Gasteiger partial charge in [-0.3, -0.25) is 0 Å². The molecule has 5 nitrogen and oxygen atoms in total. The Morgan fingerprint density at radius 2 is 2.04 bits per heavy atom. The Bertz CT molecular complexity index is 597. The highest BCUT2D eigenvalue weighted by Crippen LogP contribution is 2.61. The second kappa shape index (κ2) is 6.53. The lowest BCUT2D eigenvalue weighted by atomic mass is 9.46. The third-order valence-electron chi connectivity index (χ3n) is 7.23. The highest BCUT2D eigenvalue weighted by atomic mass is 16.6. The normalized spacial score (nSPS) is 46.2. The molecule has 3 fully saturated rings. The minimum atomic E-state index is -0.844. The summed E-state index contributed by atoms with van der Waals surface area (Å²) in [4.78, 5) is 11.8. The van der Waals surface area contributed by atoms with Gasteiger partial charge in [0.15, 0.2) is 0 Å². The number of hydrogen-bond acceptors (Lipinski definition) is 5. The molecule has 3 N–H and O–H groups in total. The second-order valence-electron chi connectivity index (χ2n) is 8.54. The van der Waals surface area contributed by atoms with E-state index in [1.54, 1.807) is 0 Å². The molecule has 2 aliphatic carbocycles. The van der Waals surface area contributed by atoms with E-state index < -0.39 is 23.6 Å². The summed E-state index contributed by atoms with van der Waals surface area (Å²) >= 11 is 0. The number of carbonyl (C=O) groups excluding carboxylic acids is 1. The van der Waals surface area contributed by atoms with Crippen molar-refractivity contribution in [1.82, 2.24) is 0 Å². The number of aliphatic hydroxyl groups is 3. The number of carbonyl (C=O) groups is 1. The van der Waals surface area contributed by atoms with Gasteiger partial charge in [-0.15, -0.1) is 0 Å². The molecule has 0 aromatic heterocycles. The summed E-state index contributed by atoms with van der Waals surface area (Å²) < 4.78 is 4.90. The molecule has 2 saturated carbocycles. The van der Waals surface area contributed by atoms with Crippen LogP contribution in [0.5, 0.6) is 0 Å². The van der Waals surface area contributed by atoms with Crippen LogP contribution >= 0.6 is 0 Å². The monoisotopic (exact) mass is 350 g/mol. The highest BCUT2D eigenvalue weighted by molar-refractivity contribution is 5.91. The first kappa shape index (κ1) is 18.6. The number of ether oxygens (including phenoxy) is 1. The van der Waals surface area contributed by atoms with Crippen molar-refractivity contribution in [3.05, 3.63) is 23.8 Å². The summed E-state index contributed by atoms with van der Waals surface area (Å²) in [5, 5.41) is 30.4. The van der Waals surface area contributed by atoms with E-state index in [0.29, 0.717) is 18.4 Å². The quantitative estimate of drug-likeness (QED) is 0.411. The van der Waals surface area contributed by atoms with Gasteiger partial charge in [0.05, 0.1) is 18.3 Å². The first-order chi connectivity index (χ1) is 11.7. The van der Waals surface area contributed by atoms with E-state index in [2.05, 4.69) is 13.5 Å². The number of aliphatic hydroxyl groups excluding tert-OH is 3. The van der Waals surface area contributed by atoms with Gasteiger partial charge in [0.25, 0.3) is 0 Å². The van der Waals surface area contributed by atoms with Crippen LogP contribution in [0, 0.1) is 22.7 Å². The second-order valence-corrected chi connectivity index (χ2v) is 8.54. The number of cyclic esters (lactones) is 1. The first-order valence-corrected chi connectivity index (χ1v) is 9.26. The van der Waals surface area contributed by atoms with Crippen LogP contribution in [0.1, 0.15) is 46.0 Å². The van der Waals surface area contributed by atoms with Crippen molar-refractivity contribution in [3.8, 4) is 0 Å². The molecular formula is C20H30O5. The van der Waals surface area contributed by atoms with Gasteiger partial charge in [-0.1, -0.05) is 32.1 Å². The van der Waals surface area contributed by atoms with Crippen LogP contribution < -0.4 is 0 Å². The highest BCUT2D eigenvalue weighted by Gasteiger charge is 2.57. The standard InChI is InChI=1S/C20H30O5/c1-12-4-7-16-19(2,9-8-17(23)20(16,3)11-21)14(12)6-5-13-15(22)10-25-18(13)24/h5,14-17,21-23H,1,4,6-11H2,2-3H3/b13-5-/t14-,15+,16+,17+,19+,20-/m0/s1. The Morgan fingerprint density at radius 3 is 2.64 bits per heavy atom. The van der Waals surface area contributed by atoms with Gasteiger partial charge in [-0.25, -0.2) is 4.79 Å². The lowest BCUT2D eigenvalue weighted by Crippen LogP contribution is -2.57. The lowest BCUT2D eigenvalue weighted by molar-refractivity contribution is -0.151. The summed E-state index contributed by atoms with van der Waals surface area (Å²) in [6, 6.07) is 0. The van der Waals surface area contributed by atoms with Crippen LogP contribution in [0.3, 0.4) is 0 Å². The zero-order chi connectivity index (χ0) is 18.4. The average molecular weight is 350 g/mol. The number of allylic oxidation sites excluding steroid dienone is 2. The molecule has 5 heteroatoms. The summed E-state index contributed by atoms with van der Waals surface area (Å²) in [5.41, 5.74) is 0.911. The van der Waals surface area contributed by atoms with Gasteiger partial charge in [0, 0.05) is 5.41 Å². The molecule has 25 heavy (non-hydrogen) atoms. The fourth-order valence-corrected chi connectivity index (χ4v) is 5.56. The lowest BCUT2D eigenvalue weighted by Gasteiger charge is -2.59. The Kier molecular flexibility index (Phi) is 4.86. The summed E-state index contributed by atoms with van der Waals surface area (Å²) in [6.45, 7) is 8.50. The fourth-order valence-electron chi connectivity index (χ4n) is 5.56. The molecule has 3 rings (SSSR count). The third-order valence-corrected chi connectivity index (χ3v) is 7.23. The fraction of sp³-hybridized carbons (Fsp3) is 0.750. The summed E-state index contributed by atoms with van der Waals surface area (Å²) in [7, 11) is 0. The molecule has 1 saturated heterocycles. The predicted molar refractivity (Wildman–Crippen MR) is 93.6 cm³/mol. The number of fused-ring (bicyclic) bond motifs is 1. The molecule has 0 unspecified atom stereocenters. The minimum absolute atomic E-state index is 0.0280. The number of esters is 1. The molecule has 0 aromatic rings. The van der Waals surface area contributed by atoms with Crippen molar-refractivity contribution in [2.45, 2.75) is 58.2 Å². The average Bonchev–Trinajstić information content (AvgIpc) is 2.89. The maximum atomic E-state index is 11.8. The van der Waals surface area contributed by atoms with Crippen molar-refractivity contribution in [2.75, 3.05) is 13.2 Å². The van der Waals surface area contributed by atoms with E-state index >= 15 is 0 Å². The van der Waals surface area contributed by atoms with E-state index in [0.717, 1.165) is 24.8 Å². The Balaban J connectivity index is 1.89. The van der Waals surface area contributed by atoms with Crippen molar-refractivity contribution >= 4 is 5.97 Å². The van der Waals surface area contributed by atoms with Gasteiger partial charge >= 0.3 is 5.97 Å². The molecule has 0 aromatic carbocycles. The van der Waals surface area contributed by atoms with E-state index in [4.69, 9.17) is 4.74 Å². The van der Waals surface area contributed by atoms with Crippen molar-refractivity contribution in [1.29, 1.82) is 0 Å². The SMILES string of the molecule is C=C1CC[C@H]2[C@](C)(CO)[C@H](O)CC[C@]2(C)[C@H]1C/C=C1\C(=O)OC[C@H]1O. The zero-order valence-electron chi connectivity index (χ0n) is 15.2. The van der Waals surface area contributed by atoms with E-state index in [-0.39, 0.29) is 30.5 Å². The summed E-state index contributed by atoms with van der Waals surface area (Å²) in [6.07, 6.45) is 4.42. The Hall–Kier alpha value is -1.17. The van der Waals surface area contributed by atoms with E-state index in [1.165, 1.54) is 0 Å². The topological polar surface area (TPSA) is 87.0 Å². The van der Waals surface area contributed by atoms with Crippen LogP contribution in [-0.4, -0.2) is 46.7 Å². The molecule has 6 atom stereocenters. The van der Waals surface area contributed by atoms with Crippen LogP contribution in [0.4, 0.5) is 0 Å². The Labute approximate surface area is 149 Å². The van der Waals surface area contributed by atoms with Crippen molar-refractivity contribution in [3.63, 3.8) is 0 Å². The van der Waals surface area contributed by atoms with Crippen LogP contribution in [0.25, 0.3) is 0 Å². The van der Waals surface area contributed by atoms with Gasteiger partial charge in [0.2, 0.25) is 0 Å². The molecular weight excluding hydrogens is 320 g/mol. The van der Waals surface area contributed by atoms with Crippen LogP contribution in [0.15, 0.2) is 23.8 Å². The van der Waals surface area contributed by atoms with Crippen molar-refractivity contribution in [2.24, 2.45) is 22.7 Å². The molecule has 0 amide bonds. The molecule has 3 aliphatic rings. The summed E-state index contributed by atoms with van der Waals surface area (Å²) in [5.74, 6) is -0.0734. The van der Waals surface area contributed by atoms with Crippen molar-refractivity contribution < 1.29 is 24.9 Å². The molecule has 140 valence electrons. The van der Waals surface area contributed by atoms with Crippen LogP contribution in [0.2, 0.25) is 0 Å².